The van der Waals surface area contributed by atoms with Crippen molar-refractivity contribution < 1.29 is 4.42 Å². The maximum Gasteiger partial charge on any atom is 0.298 e. The quantitative estimate of drug-likeness (QED) is 0.205. The molecule has 0 saturated carbocycles. The fraction of sp³-hybridized carbons (Fsp3) is 0.281. The number of allylic oxidation sites excluding steroid dienone is 1. The first-order valence-corrected chi connectivity index (χ1v) is 14.0. The van der Waals surface area contributed by atoms with Crippen LogP contribution in [0.3, 0.4) is 0 Å². The van der Waals surface area contributed by atoms with E-state index in [0.29, 0.717) is 11.0 Å². The van der Waals surface area contributed by atoms with Crippen molar-refractivity contribution in [2.24, 2.45) is 5.41 Å². The molecule has 1 aliphatic heterocycles. The SMILES string of the molecule is C=CC[C@]1(Cc2ccccc2)CN(Cc2cc(C)ccc2-n2nccn2)CCN(c2nc3cc(Cl)ccc3o2)C1. The molecule has 3 aromatic carbocycles. The van der Waals surface area contributed by atoms with E-state index in [2.05, 4.69) is 88.1 Å². The van der Waals surface area contributed by atoms with Crippen LogP contribution >= 0.6 is 11.6 Å². The molecule has 7 nitrogen and oxygen atoms in total. The summed E-state index contributed by atoms with van der Waals surface area (Å²) in [6.45, 7) is 10.4. The summed E-state index contributed by atoms with van der Waals surface area (Å²) in [6.07, 6.45) is 7.27. The summed E-state index contributed by atoms with van der Waals surface area (Å²) in [5.74, 6) is 0. The lowest BCUT2D eigenvalue weighted by Crippen LogP contribution is -2.42. The van der Waals surface area contributed by atoms with Crippen LogP contribution in [-0.2, 0) is 13.0 Å². The number of hydrogen-bond donors (Lipinski definition) is 0. The molecule has 204 valence electrons. The third kappa shape index (κ3) is 5.67. The zero-order valence-corrected chi connectivity index (χ0v) is 23.5. The Morgan fingerprint density at radius 2 is 1.82 bits per heavy atom. The lowest BCUT2D eigenvalue weighted by Gasteiger charge is -2.37. The van der Waals surface area contributed by atoms with E-state index < -0.39 is 0 Å². The number of oxazole rings is 1. The van der Waals surface area contributed by atoms with Gasteiger partial charge in [0.2, 0.25) is 0 Å². The van der Waals surface area contributed by atoms with Crippen LogP contribution in [-0.4, -0.2) is 51.1 Å². The Kier molecular flexibility index (Phi) is 7.41. The molecule has 3 heterocycles. The minimum absolute atomic E-state index is 0.105. The highest BCUT2D eigenvalue weighted by atomic mass is 35.5. The van der Waals surface area contributed by atoms with Crippen molar-refractivity contribution in [3.05, 3.63) is 113 Å². The summed E-state index contributed by atoms with van der Waals surface area (Å²) in [7, 11) is 0. The van der Waals surface area contributed by atoms with Gasteiger partial charge >= 0.3 is 0 Å². The molecule has 0 N–H and O–H groups in total. The van der Waals surface area contributed by atoms with Crippen LogP contribution in [0.5, 0.6) is 0 Å². The molecule has 0 radical (unpaired) electrons. The van der Waals surface area contributed by atoms with Gasteiger partial charge in [0.1, 0.15) is 5.52 Å². The van der Waals surface area contributed by atoms with Crippen LogP contribution in [0, 0.1) is 12.3 Å². The van der Waals surface area contributed by atoms with Crippen molar-refractivity contribution in [1.29, 1.82) is 0 Å². The third-order valence-corrected chi connectivity index (χ3v) is 7.88. The highest BCUT2D eigenvalue weighted by Gasteiger charge is 2.38. The summed E-state index contributed by atoms with van der Waals surface area (Å²) in [5, 5.41) is 9.49. The van der Waals surface area contributed by atoms with E-state index in [1.54, 1.807) is 17.2 Å². The maximum atomic E-state index is 6.27. The summed E-state index contributed by atoms with van der Waals surface area (Å²) >= 11 is 6.25. The number of rotatable bonds is 8. The van der Waals surface area contributed by atoms with Gasteiger partial charge in [0.05, 0.1) is 18.1 Å². The number of nitrogens with zero attached hydrogens (tertiary/aromatic N) is 6. The number of halogens is 1. The summed E-state index contributed by atoms with van der Waals surface area (Å²) in [5.41, 5.74) is 6.15. The molecule has 1 fully saturated rings. The molecule has 0 spiro atoms. The first-order chi connectivity index (χ1) is 19.5. The van der Waals surface area contributed by atoms with Crippen molar-refractivity contribution in [2.75, 3.05) is 31.1 Å². The molecule has 6 rings (SSSR count). The largest absolute Gasteiger partial charge is 0.423 e. The van der Waals surface area contributed by atoms with Crippen LogP contribution in [0.1, 0.15) is 23.1 Å². The lowest BCUT2D eigenvalue weighted by molar-refractivity contribution is 0.170. The Labute approximate surface area is 239 Å². The Bertz CT molecular complexity index is 1600. The Morgan fingerprint density at radius 1 is 1.00 bits per heavy atom. The number of aryl methyl sites for hydroxylation is 1. The van der Waals surface area contributed by atoms with Gasteiger partial charge in [0.15, 0.2) is 5.58 Å². The van der Waals surface area contributed by atoms with Crippen LogP contribution in [0.2, 0.25) is 5.02 Å². The number of fused-ring (bicyclic) bond motifs is 1. The van der Waals surface area contributed by atoms with Crippen molar-refractivity contribution in [2.45, 2.75) is 26.3 Å². The van der Waals surface area contributed by atoms with E-state index in [-0.39, 0.29) is 5.41 Å². The molecule has 1 saturated heterocycles. The van der Waals surface area contributed by atoms with Crippen molar-refractivity contribution >= 4 is 28.7 Å². The van der Waals surface area contributed by atoms with E-state index in [0.717, 1.165) is 62.4 Å². The van der Waals surface area contributed by atoms with Gasteiger partial charge in [0, 0.05) is 43.2 Å². The minimum Gasteiger partial charge on any atom is -0.423 e. The third-order valence-electron chi connectivity index (χ3n) is 7.64. The number of anilines is 1. The normalized spacial score (nSPS) is 18.2. The van der Waals surface area contributed by atoms with Crippen molar-refractivity contribution in [3.63, 3.8) is 0 Å². The second-order valence-corrected chi connectivity index (χ2v) is 11.3. The monoisotopic (exact) mass is 552 g/mol. The zero-order chi connectivity index (χ0) is 27.5. The fourth-order valence-electron chi connectivity index (χ4n) is 5.94. The first kappa shape index (κ1) is 26.3. The zero-order valence-electron chi connectivity index (χ0n) is 22.7. The van der Waals surface area contributed by atoms with Gasteiger partial charge in [-0.25, -0.2) is 0 Å². The predicted octanol–water partition coefficient (Wildman–Crippen LogP) is 6.50. The molecule has 1 atom stereocenters. The summed E-state index contributed by atoms with van der Waals surface area (Å²) in [6, 6.07) is 23.4. The highest BCUT2D eigenvalue weighted by molar-refractivity contribution is 6.31. The van der Waals surface area contributed by atoms with Gasteiger partial charge in [-0.1, -0.05) is 65.7 Å². The van der Waals surface area contributed by atoms with E-state index in [1.807, 2.05) is 18.2 Å². The minimum atomic E-state index is -0.105. The van der Waals surface area contributed by atoms with Gasteiger partial charge in [-0.3, -0.25) is 4.90 Å². The lowest BCUT2D eigenvalue weighted by atomic mass is 9.77. The summed E-state index contributed by atoms with van der Waals surface area (Å²) in [4.78, 5) is 11.4. The van der Waals surface area contributed by atoms with Gasteiger partial charge in [0.25, 0.3) is 6.01 Å². The molecular weight excluding hydrogens is 520 g/mol. The van der Waals surface area contributed by atoms with Gasteiger partial charge < -0.3 is 9.32 Å². The maximum absolute atomic E-state index is 6.27. The molecule has 0 aliphatic carbocycles. The molecule has 40 heavy (non-hydrogen) atoms. The molecule has 5 aromatic rings. The molecular formula is C32H33ClN6O. The van der Waals surface area contributed by atoms with Crippen LogP contribution in [0.4, 0.5) is 6.01 Å². The number of benzene rings is 3. The van der Waals surface area contributed by atoms with Gasteiger partial charge in [-0.2, -0.15) is 20.0 Å². The van der Waals surface area contributed by atoms with Crippen LogP contribution < -0.4 is 4.90 Å². The van der Waals surface area contributed by atoms with Crippen molar-refractivity contribution in [3.8, 4) is 5.69 Å². The average Bonchev–Trinajstić information content (AvgIpc) is 3.58. The average molecular weight is 553 g/mol. The van der Waals surface area contributed by atoms with E-state index in [4.69, 9.17) is 21.0 Å². The molecule has 2 aromatic heterocycles. The Balaban J connectivity index is 1.37. The Hall–Kier alpha value is -3.94. The van der Waals surface area contributed by atoms with Crippen molar-refractivity contribution in [1.82, 2.24) is 24.9 Å². The molecule has 0 amide bonds. The molecule has 0 unspecified atom stereocenters. The number of hydrogen-bond acceptors (Lipinski definition) is 6. The second kappa shape index (κ2) is 11.3. The molecule has 0 bridgehead atoms. The fourth-order valence-corrected chi connectivity index (χ4v) is 6.10. The van der Waals surface area contributed by atoms with E-state index in [9.17, 15) is 0 Å². The molecule has 8 heteroatoms. The number of aromatic nitrogens is 4. The first-order valence-electron chi connectivity index (χ1n) is 13.6. The van der Waals surface area contributed by atoms with Crippen LogP contribution in [0.25, 0.3) is 16.8 Å². The standard InChI is InChI=1S/C32H33ClN6O/c1-3-13-32(20-25-7-5-4-6-8-25)22-37(21-26-18-24(2)9-11-29(26)39-34-14-15-35-39)16-17-38(23-32)31-36-28-19-27(33)10-12-30(28)40-31/h3-12,14-15,18-19H,1,13,16-17,20-23H2,2H3/t32-/m0/s1. The van der Waals surface area contributed by atoms with E-state index in [1.165, 1.54) is 16.7 Å². The second-order valence-electron chi connectivity index (χ2n) is 10.8. The highest BCUT2D eigenvalue weighted by Crippen LogP contribution is 2.36. The predicted molar refractivity (Wildman–Crippen MR) is 160 cm³/mol. The Morgan fingerprint density at radius 3 is 2.62 bits per heavy atom. The molecule has 1 aliphatic rings. The van der Waals surface area contributed by atoms with Gasteiger partial charge in [-0.05, 0) is 55.2 Å². The van der Waals surface area contributed by atoms with Crippen LogP contribution in [0.15, 0.2) is 96.2 Å². The topological polar surface area (TPSA) is 63.2 Å². The van der Waals surface area contributed by atoms with E-state index >= 15 is 0 Å². The smallest absolute Gasteiger partial charge is 0.298 e. The summed E-state index contributed by atoms with van der Waals surface area (Å²) < 4.78 is 6.27. The van der Waals surface area contributed by atoms with Gasteiger partial charge in [-0.15, -0.1) is 6.58 Å².